The molecule has 0 saturated carbocycles. The van der Waals surface area contributed by atoms with Gasteiger partial charge < -0.3 is 10.2 Å². The minimum atomic E-state index is -0.520. The molecule has 1 aliphatic heterocycles. The van der Waals surface area contributed by atoms with Crippen molar-refractivity contribution in [3.8, 4) is 0 Å². The highest BCUT2D eigenvalue weighted by atomic mass is 16.5. The number of amides is 1. The standard InChI is InChI=1S/C15H21N3O2/c1-16-13-8-10-18(11-9-13)14-5-3-2-4-12(14)6-7-15(19)17-20/h2-7,13,16,20H,8-11H2,1H3,(H,17,19)/b7-6+. The molecule has 3 N–H and O–H groups in total. The van der Waals surface area contributed by atoms with Crippen molar-refractivity contribution >= 4 is 17.7 Å². The van der Waals surface area contributed by atoms with Crippen molar-refractivity contribution < 1.29 is 10.0 Å². The fourth-order valence-electron chi connectivity index (χ4n) is 2.53. The molecule has 20 heavy (non-hydrogen) atoms. The van der Waals surface area contributed by atoms with Gasteiger partial charge in [0, 0.05) is 30.9 Å². The summed E-state index contributed by atoms with van der Waals surface area (Å²) in [6, 6.07) is 8.58. The van der Waals surface area contributed by atoms with Gasteiger partial charge in [-0.2, -0.15) is 0 Å². The highest BCUT2D eigenvalue weighted by Crippen LogP contribution is 2.25. The van der Waals surface area contributed by atoms with Crippen molar-refractivity contribution in [3.63, 3.8) is 0 Å². The van der Waals surface area contributed by atoms with Crippen LogP contribution in [0.2, 0.25) is 0 Å². The van der Waals surface area contributed by atoms with Crippen molar-refractivity contribution in [2.75, 3.05) is 25.0 Å². The maximum Gasteiger partial charge on any atom is 0.267 e. The molecule has 1 saturated heterocycles. The van der Waals surface area contributed by atoms with Gasteiger partial charge in [0.1, 0.15) is 0 Å². The zero-order chi connectivity index (χ0) is 14.4. The van der Waals surface area contributed by atoms with Crippen LogP contribution in [-0.2, 0) is 4.79 Å². The first-order valence-electron chi connectivity index (χ1n) is 6.88. The Morgan fingerprint density at radius 3 is 2.70 bits per heavy atom. The van der Waals surface area contributed by atoms with E-state index in [-0.39, 0.29) is 0 Å². The second-order valence-corrected chi connectivity index (χ2v) is 4.92. The average Bonchev–Trinajstić information content (AvgIpc) is 2.53. The van der Waals surface area contributed by atoms with Crippen LogP contribution in [-0.4, -0.2) is 37.3 Å². The topological polar surface area (TPSA) is 64.6 Å². The van der Waals surface area contributed by atoms with E-state index in [0.717, 1.165) is 37.2 Å². The first-order chi connectivity index (χ1) is 9.74. The largest absolute Gasteiger partial charge is 0.371 e. The highest BCUT2D eigenvalue weighted by Gasteiger charge is 2.19. The Morgan fingerprint density at radius 2 is 2.05 bits per heavy atom. The van der Waals surface area contributed by atoms with Gasteiger partial charge in [-0.3, -0.25) is 10.0 Å². The molecule has 0 atom stereocenters. The lowest BCUT2D eigenvalue weighted by Crippen LogP contribution is -2.41. The number of nitrogens with one attached hydrogen (secondary N) is 2. The van der Waals surface area contributed by atoms with E-state index in [9.17, 15) is 4.79 Å². The van der Waals surface area contributed by atoms with Gasteiger partial charge >= 0.3 is 0 Å². The molecule has 108 valence electrons. The number of piperidine rings is 1. The van der Waals surface area contributed by atoms with Crippen LogP contribution in [0.4, 0.5) is 5.69 Å². The molecule has 1 aromatic rings. The molecule has 0 radical (unpaired) electrons. The van der Waals surface area contributed by atoms with Crippen LogP contribution in [0.5, 0.6) is 0 Å². The maximum absolute atomic E-state index is 11.1. The van der Waals surface area contributed by atoms with Gasteiger partial charge in [-0.25, -0.2) is 5.48 Å². The maximum atomic E-state index is 11.1. The predicted molar refractivity (Wildman–Crippen MR) is 79.7 cm³/mol. The third-order valence-corrected chi connectivity index (χ3v) is 3.71. The first-order valence-corrected chi connectivity index (χ1v) is 6.88. The van der Waals surface area contributed by atoms with Crippen molar-refractivity contribution in [1.29, 1.82) is 0 Å². The third-order valence-electron chi connectivity index (χ3n) is 3.71. The van der Waals surface area contributed by atoms with Crippen molar-refractivity contribution in [3.05, 3.63) is 35.9 Å². The Kier molecular flexibility index (Phi) is 5.15. The molecule has 1 aromatic carbocycles. The number of anilines is 1. The van der Waals surface area contributed by atoms with E-state index in [2.05, 4.69) is 16.3 Å². The van der Waals surface area contributed by atoms with Crippen LogP contribution in [0.25, 0.3) is 6.08 Å². The van der Waals surface area contributed by atoms with Gasteiger partial charge in [-0.1, -0.05) is 18.2 Å². The molecule has 5 nitrogen and oxygen atoms in total. The number of hydroxylamine groups is 1. The molecule has 0 unspecified atom stereocenters. The minimum absolute atomic E-state index is 0.520. The van der Waals surface area contributed by atoms with Crippen LogP contribution < -0.4 is 15.7 Å². The number of benzene rings is 1. The van der Waals surface area contributed by atoms with Gasteiger partial charge in [-0.15, -0.1) is 0 Å². The van der Waals surface area contributed by atoms with E-state index in [1.807, 2.05) is 25.2 Å². The van der Waals surface area contributed by atoms with E-state index in [1.165, 1.54) is 6.08 Å². The summed E-state index contributed by atoms with van der Waals surface area (Å²) in [6.45, 7) is 2.01. The van der Waals surface area contributed by atoms with Gasteiger partial charge in [0.2, 0.25) is 0 Å². The van der Waals surface area contributed by atoms with Crippen molar-refractivity contribution in [1.82, 2.24) is 10.8 Å². The SMILES string of the molecule is CNC1CCN(c2ccccc2/C=C/C(=O)NO)CC1. The lowest BCUT2D eigenvalue weighted by atomic mass is 10.0. The molecule has 0 aromatic heterocycles. The number of carbonyl (C=O) groups excluding carboxylic acids is 1. The summed E-state index contributed by atoms with van der Waals surface area (Å²) in [5.41, 5.74) is 3.71. The molecular formula is C15H21N3O2. The third kappa shape index (κ3) is 3.59. The average molecular weight is 275 g/mol. The molecule has 1 aliphatic rings. The number of para-hydroxylation sites is 1. The monoisotopic (exact) mass is 275 g/mol. The van der Waals surface area contributed by atoms with Gasteiger partial charge in [0.05, 0.1) is 0 Å². The van der Waals surface area contributed by atoms with Gasteiger partial charge in [0.15, 0.2) is 0 Å². The summed E-state index contributed by atoms with van der Waals surface area (Å²) in [7, 11) is 2.00. The van der Waals surface area contributed by atoms with Crippen LogP contribution >= 0.6 is 0 Å². The molecule has 1 heterocycles. The fourth-order valence-corrected chi connectivity index (χ4v) is 2.53. The smallest absolute Gasteiger partial charge is 0.267 e. The van der Waals surface area contributed by atoms with Crippen molar-refractivity contribution in [2.24, 2.45) is 0 Å². The van der Waals surface area contributed by atoms with E-state index in [0.29, 0.717) is 6.04 Å². The highest BCUT2D eigenvalue weighted by molar-refractivity contribution is 5.91. The predicted octanol–water partition coefficient (Wildman–Crippen LogP) is 1.39. The molecule has 0 aliphatic carbocycles. The minimum Gasteiger partial charge on any atom is -0.371 e. The van der Waals surface area contributed by atoms with E-state index >= 15 is 0 Å². The number of hydrogen-bond acceptors (Lipinski definition) is 4. The van der Waals surface area contributed by atoms with Crippen LogP contribution in [0.3, 0.4) is 0 Å². The van der Waals surface area contributed by atoms with Crippen LogP contribution in [0, 0.1) is 0 Å². The van der Waals surface area contributed by atoms with Gasteiger partial charge in [-0.05, 0) is 37.6 Å². The lowest BCUT2D eigenvalue weighted by Gasteiger charge is -2.34. The Bertz CT molecular complexity index is 480. The molecule has 1 amide bonds. The summed E-state index contributed by atoms with van der Waals surface area (Å²) in [5.74, 6) is -0.520. The zero-order valence-electron chi connectivity index (χ0n) is 11.7. The Labute approximate surface area is 119 Å². The number of hydrogen-bond donors (Lipinski definition) is 3. The van der Waals surface area contributed by atoms with Gasteiger partial charge in [0.25, 0.3) is 5.91 Å². The molecule has 5 heteroatoms. The molecule has 2 rings (SSSR count). The van der Waals surface area contributed by atoms with E-state index in [4.69, 9.17) is 5.21 Å². The second kappa shape index (κ2) is 7.07. The summed E-state index contributed by atoms with van der Waals surface area (Å²) in [5, 5.41) is 11.8. The number of nitrogens with zero attached hydrogens (tertiary/aromatic N) is 1. The molecule has 0 bridgehead atoms. The first kappa shape index (κ1) is 14.6. The van der Waals surface area contributed by atoms with Crippen LogP contribution in [0.1, 0.15) is 18.4 Å². The number of carbonyl (C=O) groups is 1. The summed E-state index contributed by atoms with van der Waals surface area (Å²) >= 11 is 0. The van der Waals surface area contributed by atoms with Crippen molar-refractivity contribution in [2.45, 2.75) is 18.9 Å². The normalized spacial score (nSPS) is 16.6. The van der Waals surface area contributed by atoms with E-state index in [1.54, 1.807) is 11.6 Å². The Hall–Kier alpha value is -1.85. The Balaban J connectivity index is 2.12. The summed E-state index contributed by atoms with van der Waals surface area (Å²) < 4.78 is 0. The van der Waals surface area contributed by atoms with E-state index < -0.39 is 5.91 Å². The lowest BCUT2D eigenvalue weighted by molar-refractivity contribution is -0.124. The summed E-state index contributed by atoms with van der Waals surface area (Å²) in [4.78, 5) is 13.4. The quantitative estimate of drug-likeness (QED) is 0.441. The molecular weight excluding hydrogens is 254 g/mol. The zero-order valence-corrected chi connectivity index (χ0v) is 11.7. The second-order valence-electron chi connectivity index (χ2n) is 4.92. The van der Waals surface area contributed by atoms with Crippen LogP contribution in [0.15, 0.2) is 30.3 Å². The Morgan fingerprint density at radius 1 is 1.35 bits per heavy atom. The number of rotatable bonds is 4. The molecule has 1 fully saturated rings. The fraction of sp³-hybridized carbons (Fsp3) is 0.400. The summed E-state index contributed by atoms with van der Waals surface area (Å²) in [6.07, 6.45) is 5.29. The molecule has 0 spiro atoms.